The van der Waals surface area contributed by atoms with Crippen molar-refractivity contribution in [1.82, 2.24) is 4.90 Å². The lowest BCUT2D eigenvalue weighted by molar-refractivity contribution is -0.481. The summed E-state index contributed by atoms with van der Waals surface area (Å²) in [6, 6.07) is 0.634. The summed E-state index contributed by atoms with van der Waals surface area (Å²) < 4.78 is 40.8. The van der Waals surface area contributed by atoms with Crippen LogP contribution in [-0.2, 0) is 4.84 Å². The Morgan fingerprint density at radius 2 is 1.50 bits per heavy atom. The lowest BCUT2D eigenvalue weighted by atomic mass is 10.3. The van der Waals surface area contributed by atoms with E-state index < -0.39 is 7.25 Å². The topological polar surface area (TPSA) is 41.5 Å². The normalized spacial score (nSPS) is 9.79. The molecule has 0 aromatic heterocycles. The summed E-state index contributed by atoms with van der Waals surface area (Å²) in [5, 5.41) is 0. The third kappa shape index (κ3) is 13.6. The average Bonchev–Trinajstić information content (AvgIpc) is 1.81. The molecule has 0 bridgehead atoms. The lowest BCUT2D eigenvalue weighted by Crippen LogP contribution is -2.34. The molecule has 9 heteroatoms. The van der Waals surface area contributed by atoms with Crippen LogP contribution in [0.15, 0.2) is 0 Å². The molecule has 0 rings (SSSR count). The Kier molecular flexibility index (Phi) is 7.15. The molecular weight excluding hydrogens is 205 g/mol. The van der Waals surface area contributed by atoms with Crippen molar-refractivity contribution in [3.63, 3.8) is 0 Å². The molecule has 0 spiro atoms. The first-order valence-corrected chi connectivity index (χ1v) is 3.55. The van der Waals surface area contributed by atoms with Crippen molar-refractivity contribution >= 4 is 13.3 Å². The molecule has 0 fully saturated rings. The van der Waals surface area contributed by atoms with Crippen molar-refractivity contribution in [2.24, 2.45) is 5.90 Å². The average molecular weight is 219 g/mol. The van der Waals surface area contributed by atoms with Gasteiger partial charge in [0.1, 0.15) is 0 Å². The van der Waals surface area contributed by atoms with E-state index in [1.807, 2.05) is 28.2 Å². The van der Waals surface area contributed by atoms with Crippen LogP contribution in [-0.4, -0.2) is 50.9 Å². The lowest BCUT2D eigenvalue weighted by Gasteiger charge is -2.06. The van der Waals surface area contributed by atoms with Crippen LogP contribution in [0.2, 0.25) is 0 Å². The fraction of sp³-hybridized carbons (Fsp3) is 0.800. The van der Waals surface area contributed by atoms with Crippen LogP contribution in [0.5, 0.6) is 0 Å². The van der Waals surface area contributed by atoms with E-state index in [4.69, 9.17) is 5.90 Å². The summed E-state index contributed by atoms with van der Waals surface area (Å²) in [6.45, 7) is 0. The molecule has 0 radical (unpaired) electrons. The number of nitrogens with two attached hydrogens (primary N) is 1. The monoisotopic (exact) mass is 219 g/mol. The number of amidine groups is 1. The Morgan fingerprint density at radius 3 is 1.50 bits per heavy atom. The van der Waals surface area contributed by atoms with Crippen molar-refractivity contribution in [3.8, 4) is 0 Å². The van der Waals surface area contributed by atoms with Crippen LogP contribution < -0.4 is 5.90 Å². The Hall–Kier alpha value is -0.985. The first-order chi connectivity index (χ1) is 6.09. The molecule has 14 heavy (non-hydrogen) atoms. The molecule has 0 saturated heterocycles. The largest absolute Gasteiger partial charge is 0.673 e. The highest BCUT2D eigenvalue weighted by Gasteiger charge is 2.20. The van der Waals surface area contributed by atoms with Crippen LogP contribution in [0.4, 0.5) is 17.3 Å². The second-order valence-electron chi connectivity index (χ2n) is 2.68. The van der Waals surface area contributed by atoms with Crippen LogP contribution in [0.25, 0.3) is 0 Å². The number of rotatable bonds is 0. The third-order valence-electron chi connectivity index (χ3n) is 0.871. The van der Waals surface area contributed by atoms with Crippen molar-refractivity contribution < 1.29 is 26.7 Å². The van der Waals surface area contributed by atoms with Gasteiger partial charge in [0.05, 0.1) is 28.2 Å². The SMILES string of the molecule is CN(C)C(ON)=[N+](C)C.F[B-](F)(F)F. The van der Waals surface area contributed by atoms with E-state index in [1.165, 1.54) is 0 Å². The maximum Gasteiger partial charge on any atom is 0.673 e. The van der Waals surface area contributed by atoms with Gasteiger partial charge in [-0.3, -0.25) is 0 Å². The second kappa shape index (κ2) is 6.47. The smallest absolute Gasteiger partial charge is 0.418 e. The first kappa shape index (κ1) is 15.5. The minimum absolute atomic E-state index is 0.634. The standard InChI is InChI=1S/C5H14N3O.BF4/c1-7(2)5(9-6)8(3)4;2-1(3,4)5/h6H2,1-4H3;/q+1;-1. The fourth-order valence-corrected chi connectivity index (χ4v) is 0.611. The quantitative estimate of drug-likeness (QED) is 0.160. The summed E-state index contributed by atoms with van der Waals surface area (Å²) in [5.41, 5.74) is 0. The van der Waals surface area contributed by atoms with Gasteiger partial charge in [0.15, 0.2) is 0 Å². The predicted octanol–water partition coefficient (Wildman–Crippen LogP) is 0.366. The molecular formula is C5H14BF4N3O. The molecule has 0 aromatic carbocycles. The summed E-state index contributed by atoms with van der Waals surface area (Å²) in [4.78, 5) is 6.33. The van der Waals surface area contributed by atoms with Gasteiger partial charge >= 0.3 is 13.3 Å². The molecule has 4 nitrogen and oxygen atoms in total. The number of halogens is 4. The Labute approximate surface area is 80.0 Å². The second-order valence-corrected chi connectivity index (χ2v) is 2.68. The number of hydrogen-bond donors (Lipinski definition) is 1. The van der Waals surface area contributed by atoms with Gasteiger partial charge in [-0.1, -0.05) is 0 Å². The van der Waals surface area contributed by atoms with E-state index >= 15 is 0 Å². The zero-order chi connectivity index (χ0) is 11.9. The maximum absolute atomic E-state index is 9.75. The Bertz CT molecular complexity index is 184. The van der Waals surface area contributed by atoms with Gasteiger partial charge in [-0.05, 0) is 0 Å². The zero-order valence-electron chi connectivity index (χ0n) is 8.47. The van der Waals surface area contributed by atoms with E-state index in [2.05, 4.69) is 4.84 Å². The van der Waals surface area contributed by atoms with Gasteiger partial charge < -0.3 is 22.1 Å². The Balaban J connectivity index is 0. The summed E-state index contributed by atoms with van der Waals surface area (Å²) >= 11 is 0. The summed E-state index contributed by atoms with van der Waals surface area (Å²) in [5.74, 6) is 4.95. The molecule has 0 aliphatic heterocycles. The van der Waals surface area contributed by atoms with Crippen molar-refractivity contribution in [1.29, 1.82) is 0 Å². The molecule has 0 heterocycles. The zero-order valence-corrected chi connectivity index (χ0v) is 8.47. The van der Waals surface area contributed by atoms with Crippen LogP contribution >= 0.6 is 0 Å². The van der Waals surface area contributed by atoms with Crippen molar-refractivity contribution in [3.05, 3.63) is 0 Å². The van der Waals surface area contributed by atoms with E-state index in [1.54, 1.807) is 9.48 Å². The van der Waals surface area contributed by atoms with Gasteiger partial charge in [0.2, 0.25) is 0 Å². The van der Waals surface area contributed by atoms with Crippen LogP contribution in [0.1, 0.15) is 0 Å². The molecule has 2 N–H and O–H groups in total. The van der Waals surface area contributed by atoms with E-state index in [-0.39, 0.29) is 0 Å². The molecule has 0 unspecified atom stereocenters. The van der Waals surface area contributed by atoms with Gasteiger partial charge in [0.25, 0.3) is 0 Å². The number of nitrogens with zero attached hydrogens (tertiary/aromatic N) is 2. The summed E-state index contributed by atoms with van der Waals surface area (Å²) in [7, 11) is 1.45. The first-order valence-electron chi connectivity index (χ1n) is 3.55. The minimum Gasteiger partial charge on any atom is -0.418 e. The van der Waals surface area contributed by atoms with E-state index in [0.717, 1.165) is 0 Å². The number of hydrogen-bond acceptors (Lipinski definition) is 2. The summed E-state index contributed by atoms with van der Waals surface area (Å²) in [6.07, 6.45) is 0. The highest BCUT2D eigenvalue weighted by molar-refractivity contribution is 6.50. The predicted molar refractivity (Wildman–Crippen MR) is 46.3 cm³/mol. The molecule has 0 aliphatic carbocycles. The van der Waals surface area contributed by atoms with Crippen LogP contribution in [0.3, 0.4) is 0 Å². The third-order valence-corrected chi connectivity index (χ3v) is 0.871. The molecule has 0 amide bonds. The van der Waals surface area contributed by atoms with Gasteiger partial charge in [-0.25, -0.2) is 9.48 Å². The van der Waals surface area contributed by atoms with Crippen LogP contribution in [0, 0.1) is 0 Å². The van der Waals surface area contributed by atoms with Gasteiger partial charge in [0, 0.05) is 0 Å². The van der Waals surface area contributed by atoms with Gasteiger partial charge in [-0.2, -0.15) is 5.90 Å². The van der Waals surface area contributed by atoms with Crippen molar-refractivity contribution in [2.45, 2.75) is 0 Å². The highest BCUT2D eigenvalue weighted by Crippen LogP contribution is 2.06. The van der Waals surface area contributed by atoms with Gasteiger partial charge in [-0.15, -0.1) is 0 Å². The molecule has 0 aliphatic rings. The van der Waals surface area contributed by atoms with E-state index in [9.17, 15) is 17.3 Å². The van der Waals surface area contributed by atoms with Crippen molar-refractivity contribution in [2.75, 3.05) is 28.2 Å². The fourth-order valence-electron chi connectivity index (χ4n) is 0.611. The molecule has 86 valence electrons. The molecule has 0 aromatic rings. The highest BCUT2D eigenvalue weighted by atomic mass is 19.5. The molecule has 0 saturated carbocycles. The minimum atomic E-state index is -6.00. The molecule has 0 atom stereocenters. The van der Waals surface area contributed by atoms with E-state index in [0.29, 0.717) is 6.02 Å². The Morgan fingerprint density at radius 1 is 1.21 bits per heavy atom. The maximum atomic E-state index is 9.75.